The molecule has 0 aliphatic carbocycles. The van der Waals surface area contributed by atoms with E-state index in [1.807, 2.05) is 29.6 Å². The standard InChI is InChI=1S/C18H14ClN3OS/c19-15-4-1-13(2-5-15)3-6-17(23)21-11-16-12-24-18(22-16)14-7-9-20-10-8-14/h1-10,12H,11H2,(H,21,23)/b6-3+. The average molecular weight is 356 g/mol. The van der Waals surface area contributed by atoms with Crippen LogP contribution in [0.2, 0.25) is 5.02 Å². The zero-order valence-corrected chi connectivity index (χ0v) is 14.2. The smallest absolute Gasteiger partial charge is 0.244 e. The van der Waals surface area contributed by atoms with Crippen molar-refractivity contribution in [3.8, 4) is 10.6 Å². The van der Waals surface area contributed by atoms with Crippen molar-refractivity contribution in [2.45, 2.75) is 6.54 Å². The summed E-state index contributed by atoms with van der Waals surface area (Å²) >= 11 is 7.37. The minimum atomic E-state index is -0.164. The van der Waals surface area contributed by atoms with Crippen molar-refractivity contribution < 1.29 is 4.79 Å². The van der Waals surface area contributed by atoms with E-state index in [0.717, 1.165) is 21.8 Å². The molecule has 24 heavy (non-hydrogen) atoms. The second-order valence-electron chi connectivity index (χ2n) is 4.98. The van der Waals surface area contributed by atoms with Crippen LogP contribution in [0.3, 0.4) is 0 Å². The molecular formula is C18H14ClN3OS. The zero-order chi connectivity index (χ0) is 16.8. The summed E-state index contributed by atoms with van der Waals surface area (Å²) in [5.41, 5.74) is 2.78. The number of hydrogen-bond acceptors (Lipinski definition) is 4. The van der Waals surface area contributed by atoms with Crippen molar-refractivity contribution in [1.82, 2.24) is 15.3 Å². The summed E-state index contributed by atoms with van der Waals surface area (Å²) < 4.78 is 0. The van der Waals surface area contributed by atoms with Crippen molar-refractivity contribution in [3.05, 3.63) is 76.5 Å². The molecule has 1 amide bonds. The van der Waals surface area contributed by atoms with Crippen molar-refractivity contribution in [2.75, 3.05) is 0 Å². The largest absolute Gasteiger partial charge is 0.347 e. The van der Waals surface area contributed by atoms with Gasteiger partial charge in [-0.2, -0.15) is 0 Å². The highest BCUT2D eigenvalue weighted by atomic mass is 35.5. The molecule has 0 atom stereocenters. The Balaban J connectivity index is 1.55. The Labute approximate surface area is 148 Å². The van der Waals surface area contributed by atoms with Gasteiger partial charge >= 0.3 is 0 Å². The molecule has 0 spiro atoms. The Kier molecular flexibility index (Phi) is 5.36. The Morgan fingerprint density at radius 1 is 1.17 bits per heavy atom. The van der Waals surface area contributed by atoms with Gasteiger partial charge in [0.2, 0.25) is 5.91 Å². The van der Waals surface area contributed by atoms with E-state index in [9.17, 15) is 4.79 Å². The maximum Gasteiger partial charge on any atom is 0.244 e. The summed E-state index contributed by atoms with van der Waals surface area (Å²) in [4.78, 5) is 20.4. The summed E-state index contributed by atoms with van der Waals surface area (Å²) in [7, 11) is 0. The van der Waals surface area contributed by atoms with Crippen molar-refractivity contribution in [1.29, 1.82) is 0 Å². The number of rotatable bonds is 5. The second-order valence-corrected chi connectivity index (χ2v) is 6.28. The zero-order valence-electron chi connectivity index (χ0n) is 12.6. The van der Waals surface area contributed by atoms with Crippen molar-refractivity contribution in [3.63, 3.8) is 0 Å². The fraction of sp³-hybridized carbons (Fsp3) is 0.0556. The highest BCUT2D eigenvalue weighted by molar-refractivity contribution is 7.13. The number of hydrogen-bond donors (Lipinski definition) is 1. The Morgan fingerprint density at radius 3 is 2.67 bits per heavy atom. The predicted octanol–water partition coefficient (Wildman–Crippen LogP) is 4.19. The van der Waals surface area contributed by atoms with E-state index in [0.29, 0.717) is 11.6 Å². The van der Waals surface area contributed by atoms with Crippen LogP contribution in [0.5, 0.6) is 0 Å². The SMILES string of the molecule is O=C(/C=C/c1ccc(Cl)cc1)NCc1csc(-c2ccncc2)n1. The number of pyridine rings is 1. The lowest BCUT2D eigenvalue weighted by Crippen LogP contribution is -2.20. The molecule has 0 unspecified atom stereocenters. The van der Waals surface area contributed by atoms with Gasteiger partial charge in [0.15, 0.2) is 0 Å². The van der Waals surface area contributed by atoms with E-state index in [-0.39, 0.29) is 5.91 Å². The molecular weight excluding hydrogens is 342 g/mol. The fourth-order valence-electron chi connectivity index (χ4n) is 2.00. The van der Waals surface area contributed by atoms with Crippen molar-refractivity contribution in [2.24, 2.45) is 0 Å². The van der Waals surface area contributed by atoms with E-state index >= 15 is 0 Å². The molecule has 3 rings (SSSR count). The topological polar surface area (TPSA) is 54.9 Å². The fourth-order valence-corrected chi connectivity index (χ4v) is 2.95. The third kappa shape index (κ3) is 4.50. The number of carbonyl (C=O) groups is 1. The highest BCUT2D eigenvalue weighted by Gasteiger charge is 2.05. The predicted molar refractivity (Wildman–Crippen MR) is 97.7 cm³/mol. The van der Waals surface area contributed by atoms with E-state index in [4.69, 9.17) is 11.6 Å². The molecule has 2 aromatic heterocycles. The van der Waals surface area contributed by atoms with Crippen LogP contribution >= 0.6 is 22.9 Å². The monoisotopic (exact) mass is 355 g/mol. The van der Waals surface area contributed by atoms with Crippen molar-refractivity contribution >= 4 is 34.9 Å². The first kappa shape index (κ1) is 16.4. The first-order chi connectivity index (χ1) is 11.7. The van der Waals surface area contributed by atoms with Gasteiger partial charge in [-0.15, -0.1) is 11.3 Å². The van der Waals surface area contributed by atoms with Crippen LogP contribution in [0.1, 0.15) is 11.3 Å². The molecule has 0 radical (unpaired) electrons. The van der Waals surface area contributed by atoms with Crippen LogP contribution in [-0.2, 0) is 11.3 Å². The van der Waals surface area contributed by atoms with Gasteiger partial charge in [0, 0.05) is 34.4 Å². The van der Waals surface area contributed by atoms with Gasteiger partial charge in [0.25, 0.3) is 0 Å². The number of nitrogens with one attached hydrogen (secondary N) is 1. The van der Waals surface area contributed by atoms with Crippen LogP contribution in [0.25, 0.3) is 16.6 Å². The highest BCUT2D eigenvalue weighted by Crippen LogP contribution is 2.22. The molecule has 1 aromatic carbocycles. The molecule has 0 saturated carbocycles. The number of halogens is 1. The van der Waals surface area contributed by atoms with Crippen LogP contribution in [-0.4, -0.2) is 15.9 Å². The molecule has 0 aliphatic rings. The quantitative estimate of drug-likeness (QED) is 0.698. The number of aromatic nitrogens is 2. The molecule has 0 fully saturated rings. The molecule has 3 aromatic rings. The summed E-state index contributed by atoms with van der Waals surface area (Å²) in [6, 6.07) is 11.1. The molecule has 2 heterocycles. The number of carbonyl (C=O) groups excluding carboxylic acids is 1. The number of amides is 1. The lowest BCUT2D eigenvalue weighted by molar-refractivity contribution is -0.116. The van der Waals surface area contributed by atoms with Gasteiger partial charge in [-0.3, -0.25) is 9.78 Å². The van der Waals surface area contributed by atoms with Crippen LogP contribution in [0.15, 0.2) is 60.2 Å². The Bertz CT molecular complexity index is 844. The maximum atomic E-state index is 11.9. The number of benzene rings is 1. The third-order valence-corrected chi connectivity index (χ3v) is 4.41. The number of thiazole rings is 1. The van der Waals surface area contributed by atoms with Gasteiger partial charge in [0.05, 0.1) is 12.2 Å². The molecule has 1 N–H and O–H groups in total. The molecule has 0 saturated heterocycles. The molecule has 120 valence electrons. The van der Waals surface area contributed by atoms with E-state index in [1.165, 1.54) is 6.08 Å². The van der Waals surface area contributed by atoms with Gasteiger partial charge in [-0.25, -0.2) is 4.98 Å². The summed E-state index contributed by atoms with van der Waals surface area (Å²) in [5.74, 6) is -0.164. The van der Waals surface area contributed by atoms with Crippen LogP contribution in [0.4, 0.5) is 0 Å². The van der Waals surface area contributed by atoms with Gasteiger partial charge < -0.3 is 5.32 Å². The Hall–Kier alpha value is -2.50. The minimum Gasteiger partial charge on any atom is -0.347 e. The van der Waals surface area contributed by atoms with E-state index < -0.39 is 0 Å². The average Bonchev–Trinajstić information content (AvgIpc) is 3.09. The van der Waals surface area contributed by atoms with E-state index in [1.54, 1.807) is 41.9 Å². The van der Waals surface area contributed by atoms with Gasteiger partial charge in [-0.1, -0.05) is 23.7 Å². The summed E-state index contributed by atoms with van der Waals surface area (Å²) in [5, 5.41) is 6.36. The van der Waals surface area contributed by atoms with Gasteiger partial charge in [-0.05, 0) is 35.9 Å². The lowest BCUT2D eigenvalue weighted by atomic mass is 10.2. The Morgan fingerprint density at radius 2 is 1.92 bits per heavy atom. The number of nitrogens with zero attached hydrogens (tertiary/aromatic N) is 2. The first-order valence-corrected chi connectivity index (χ1v) is 8.53. The van der Waals surface area contributed by atoms with Crippen LogP contribution < -0.4 is 5.32 Å². The molecule has 0 aliphatic heterocycles. The second kappa shape index (κ2) is 7.86. The molecule has 6 heteroatoms. The maximum absolute atomic E-state index is 11.9. The third-order valence-electron chi connectivity index (χ3n) is 3.22. The molecule has 0 bridgehead atoms. The first-order valence-electron chi connectivity index (χ1n) is 7.27. The summed E-state index contributed by atoms with van der Waals surface area (Å²) in [6.07, 6.45) is 6.72. The lowest BCUT2D eigenvalue weighted by Gasteiger charge is -1.99. The van der Waals surface area contributed by atoms with Gasteiger partial charge in [0.1, 0.15) is 5.01 Å². The minimum absolute atomic E-state index is 0.164. The van der Waals surface area contributed by atoms with E-state index in [2.05, 4.69) is 15.3 Å². The summed E-state index contributed by atoms with van der Waals surface area (Å²) in [6.45, 7) is 0.394. The molecule has 4 nitrogen and oxygen atoms in total. The van der Waals surface area contributed by atoms with Crippen LogP contribution in [0, 0.1) is 0 Å². The normalized spacial score (nSPS) is 10.9.